The monoisotopic (exact) mass is 281 g/mol. The normalized spacial score (nSPS) is 14.2. The van der Waals surface area contributed by atoms with Crippen LogP contribution in [0.4, 0.5) is 0 Å². The number of aliphatic hydroxyl groups is 1. The lowest BCUT2D eigenvalue weighted by atomic mass is 10.4. The molecular weight excluding hydrogens is 258 g/mol. The summed E-state index contributed by atoms with van der Waals surface area (Å²) in [6, 6.07) is -0.642. The molecule has 0 aromatic heterocycles. The van der Waals surface area contributed by atoms with Gasteiger partial charge < -0.3 is 25.1 Å². The first-order valence-corrected chi connectivity index (χ1v) is 7.02. The summed E-state index contributed by atoms with van der Waals surface area (Å²) in [4.78, 5) is 11.2. The number of hydrogen-bond donors (Lipinski definition) is 2. The van der Waals surface area contributed by atoms with E-state index in [1.54, 1.807) is 14.0 Å². The van der Waals surface area contributed by atoms with Crippen LogP contribution < -0.4 is 5.73 Å². The maximum Gasteiger partial charge on any atom is 0.323 e. The summed E-state index contributed by atoms with van der Waals surface area (Å²) in [5.41, 5.74) is 5.60. The molecule has 0 saturated heterocycles. The minimum absolute atomic E-state index is 0.255. The lowest BCUT2D eigenvalue weighted by Crippen LogP contribution is -2.35. The van der Waals surface area contributed by atoms with E-state index >= 15 is 0 Å². The standard InChI is InChI=1S/C11H23NO5S/c1-3-17-11(14)10(12)8-18-7-9(13)6-16-5-4-15-2/h9-10,13H,3-8,12H2,1-2H3. The van der Waals surface area contributed by atoms with Gasteiger partial charge in [0.2, 0.25) is 0 Å². The van der Waals surface area contributed by atoms with E-state index in [0.717, 1.165) is 0 Å². The third-order valence-corrected chi connectivity index (χ3v) is 3.15. The SMILES string of the molecule is CCOC(=O)C(N)CSCC(O)COCCOC. The highest BCUT2D eigenvalue weighted by atomic mass is 32.2. The highest BCUT2D eigenvalue weighted by Crippen LogP contribution is 2.06. The molecule has 0 fully saturated rings. The van der Waals surface area contributed by atoms with E-state index in [-0.39, 0.29) is 6.61 Å². The van der Waals surface area contributed by atoms with Crippen molar-refractivity contribution in [1.82, 2.24) is 0 Å². The van der Waals surface area contributed by atoms with Crippen LogP contribution in [0.3, 0.4) is 0 Å². The van der Waals surface area contributed by atoms with E-state index in [9.17, 15) is 9.90 Å². The molecule has 0 aromatic carbocycles. The van der Waals surface area contributed by atoms with E-state index in [1.165, 1.54) is 11.8 Å². The molecule has 2 unspecified atom stereocenters. The highest BCUT2D eigenvalue weighted by Gasteiger charge is 2.15. The zero-order valence-corrected chi connectivity index (χ0v) is 11.8. The molecule has 0 saturated carbocycles. The molecule has 0 heterocycles. The summed E-state index contributed by atoms with van der Waals surface area (Å²) >= 11 is 1.40. The first kappa shape index (κ1) is 17.7. The molecule has 0 aliphatic carbocycles. The third-order valence-electron chi connectivity index (χ3n) is 1.94. The molecule has 0 rings (SSSR count). The summed E-state index contributed by atoms with van der Waals surface area (Å²) < 4.78 is 14.7. The number of aliphatic hydroxyl groups excluding tert-OH is 1. The van der Waals surface area contributed by atoms with Gasteiger partial charge in [0.1, 0.15) is 6.04 Å². The van der Waals surface area contributed by atoms with Crippen LogP contribution in [0.15, 0.2) is 0 Å². The number of esters is 1. The van der Waals surface area contributed by atoms with Crippen molar-refractivity contribution in [2.75, 3.05) is 45.0 Å². The number of methoxy groups -OCH3 is 1. The number of rotatable bonds is 11. The maximum absolute atomic E-state index is 11.2. The third kappa shape index (κ3) is 9.67. The summed E-state index contributed by atoms with van der Waals surface area (Å²) in [7, 11) is 1.59. The Hall–Kier alpha value is -0.340. The molecule has 0 radical (unpaired) electrons. The molecule has 0 spiro atoms. The average molecular weight is 281 g/mol. The van der Waals surface area contributed by atoms with Gasteiger partial charge in [-0.05, 0) is 6.92 Å². The maximum atomic E-state index is 11.2. The minimum Gasteiger partial charge on any atom is -0.465 e. The zero-order chi connectivity index (χ0) is 13.8. The molecule has 0 aliphatic rings. The second-order valence-corrected chi connectivity index (χ2v) is 4.69. The van der Waals surface area contributed by atoms with Crippen LogP contribution in [0.5, 0.6) is 0 Å². The first-order chi connectivity index (χ1) is 8.61. The predicted molar refractivity (Wildman–Crippen MR) is 70.6 cm³/mol. The van der Waals surface area contributed by atoms with Crippen LogP contribution in [0.1, 0.15) is 6.92 Å². The highest BCUT2D eigenvalue weighted by molar-refractivity contribution is 7.99. The fourth-order valence-electron chi connectivity index (χ4n) is 1.06. The van der Waals surface area contributed by atoms with Gasteiger partial charge in [-0.15, -0.1) is 0 Å². The van der Waals surface area contributed by atoms with Gasteiger partial charge in [-0.1, -0.05) is 0 Å². The fourth-order valence-corrected chi connectivity index (χ4v) is 1.95. The molecule has 2 atom stereocenters. The van der Waals surface area contributed by atoms with Gasteiger partial charge in [0.25, 0.3) is 0 Å². The van der Waals surface area contributed by atoms with Gasteiger partial charge in [0, 0.05) is 18.6 Å². The summed E-state index contributed by atoms with van der Waals surface area (Å²) in [5, 5.41) is 9.56. The van der Waals surface area contributed by atoms with Crippen molar-refractivity contribution in [1.29, 1.82) is 0 Å². The van der Waals surface area contributed by atoms with Crippen molar-refractivity contribution < 1.29 is 24.1 Å². The lowest BCUT2D eigenvalue weighted by molar-refractivity contribution is -0.144. The van der Waals surface area contributed by atoms with Crippen molar-refractivity contribution in [3.63, 3.8) is 0 Å². The molecule has 0 aliphatic heterocycles. The number of ether oxygens (including phenoxy) is 3. The quantitative estimate of drug-likeness (QED) is 0.394. The van der Waals surface area contributed by atoms with Gasteiger partial charge in [0.05, 0.1) is 32.5 Å². The molecule has 6 nitrogen and oxygen atoms in total. The number of thioether (sulfide) groups is 1. The summed E-state index contributed by atoms with van der Waals surface area (Å²) in [6.45, 7) is 3.28. The number of nitrogens with two attached hydrogens (primary N) is 1. The van der Waals surface area contributed by atoms with Crippen LogP contribution in [-0.2, 0) is 19.0 Å². The van der Waals surface area contributed by atoms with Crippen molar-refractivity contribution in [3.05, 3.63) is 0 Å². The molecule has 0 amide bonds. The largest absolute Gasteiger partial charge is 0.465 e. The van der Waals surface area contributed by atoms with Crippen molar-refractivity contribution in [2.45, 2.75) is 19.1 Å². The van der Waals surface area contributed by atoms with E-state index in [2.05, 4.69) is 0 Å². The minimum atomic E-state index is -0.642. The lowest BCUT2D eigenvalue weighted by Gasteiger charge is -2.13. The second kappa shape index (κ2) is 11.7. The van der Waals surface area contributed by atoms with Crippen molar-refractivity contribution >= 4 is 17.7 Å². The van der Waals surface area contributed by atoms with E-state index in [0.29, 0.717) is 31.3 Å². The zero-order valence-electron chi connectivity index (χ0n) is 11.0. The van der Waals surface area contributed by atoms with Crippen LogP contribution in [-0.4, -0.2) is 68.3 Å². The van der Waals surface area contributed by atoms with Crippen LogP contribution >= 0.6 is 11.8 Å². The van der Waals surface area contributed by atoms with Crippen LogP contribution in [0.25, 0.3) is 0 Å². The topological polar surface area (TPSA) is 91.0 Å². The second-order valence-electron chi connectivity index (χ2n) is 3.62. The van der Waals surface area contributed by atoms with E-state index in [1.807, 2.05) is 0 Å². The van der Waals surface area contributed by atoms with Crippen molar-refractivity contribution in [2.24, 2.45) is 5.73 Å². The molecular formula is C11H23NO5S. The summed E-state index contributed by atoms with van der Waals surface area (Å²) in [6.07, 6.45) is -0.568. The Labute approximate surface area is 112 Å². The Morgan fingerprint density at radius 2 is 2.11 bits per heavy atom. The van der Waals surface area contributed by atoms with Gasteiger partial charge in [0.15, 0.2) is 0 Å². The molecule has 3 N–H and O–H groups in total. The predicted octanol–water partition coefficient (Wildman–Crippen LogP) is -0.366. The fraction of sp³-hybridized carbons (Fsp3) is 0.909. The molecule has 7 heteroatoms. The van der Waals surface area contributed by atoms with Crippen LogP contribution in [0, 0.1) is 0 Å². The Morgan fingerprint density at radius 1 is 1.39 bits per heavy atom. The smallest absolute Gasteiger partial charge is 0.323 e. The Balaban J connectivity index is 3.49. The molecule has 0 aromatic rings. The van der Waals surface area contributed by atoms with E-state index in [4.69, 9.17) is 19.9 Å². The molecule has 0 bridgehead atoms. The Bertz CT molecular complexity index is 218. The average Bonchev–Trinajstić information content (AvgIpc) is 2.35. The number of carbonyl (C=O) groups is 1. The van der Waals surface area contributed by atoms with E-state index < -0.39 is 18.1 Å². The van der Waals surface area contributed by atoms with Gasteiger partial charge in [-0.25, -0.2) is 0 Å². The van der Waals surface area contributed by atoms with Crippen molar-refractivity contribution in [3.8, 4) is 0 Å². The molecule has 18 heavy (non-hydrogen) atoms. The first-order valence-electron chi connectivity index (χ1n) is 5.86. The molecule has 108 valence electrons. The Kier molecular flexibility index (Phi) is 11.5. The number of carbonyl (C=O) groups excluding carboxylic acids is 1. The Morgan fingerprint density at radius 3 is 2.72 bits per heavy atom. The van der Waals surface area contributed by atoms with Gasteiger partial charge in [-0.3, -0.25) is 4.79 Å². The van der Waals surface area contributed by atoms with Crippen LogP contribution in [0.2, 0.25) is 0 Å². The number of hydrogen-bond acceptors (Lipinski definition) is 7. The van der Waals surface area contributed by atoms with Gasteiger partial charge in [-0.2, -0.15) is 11.8 Å². The van der Waals surface area contributed by atoms with Gasteiger partial charge >= 0.3 is 5.97 Å². The summed E-state index contributed by atoms with van der Waals surface area (Å²) in [5.74, 6) is 0.490.